The first-order chi connectivity index (χ1) is 8.41. The second-order valence-corrected chi connectivity index (χ2v) is 4.17. The number of hydrogen-bond acceptors (Lipinski definition) is 3. The molecule has 1 aromatic carbocycles. The highest BCUT2D eigenvalue weighted by atomic mass is 16.5. The number of benzene rings is 1. The largest absolute Gasteiger partial charge is 0.493 e. The molecule has 0 radical (unpaired) electrons. The van der Waals surface area contributed by atoms with Gasteiger partial charge in [-0.3, -0.25) is 4.79 Å². The Bertz CT molecular complexity index is 454. The van der Waals surface area contributed by atoms with Gasteiger partial charge in [-0.05, 0) is 30.7 Å². The van der Waals surface area contributed by atoms with Crippen LogP contribution in [0, 0.1) is 6.92 Å². The lowest BCUT2D eigenvalue weighted by molar-refractivity contribution is -0.129. The summed E-state index contributed by atoms with van der Waals surface area (Å²) in [4.78, 5) is 23.6. The summed E-state index contributed by atoms with van der Waals surface area (Å²) in [6.45, 7) is 2.06. The van der Waals surface area contributed by atoms with Gasteiger partial charge in [0.05, 0.1) is 18.6 Å². The maximum absolute atomic E-state index is 11.3. The number of ether oxygens (including phenoxy) is 1. The van der Waals surface area contributed by atoms with Crippen molar-refractivity contribution in [3.63, 3.8) is 0 Å². The van der Waals surface area contributed by atoms with Crippen molar-refractivity contribution in [1.82, 2.24) is 4.90 Å². The highest BCUT2D eigenvalue weighted by Crippen LogP contribution is 2.19. The highest BCUT2D eigenvalue weighted by Gasteiger charge is 2.08. The van der Waals surface area contributed by atoms with Crippen molar-refractivity contribution >= 4 is 11.9 Å². The molecule has 5 nitrogen and oxygen atoms in total. The number of amides is 1. The lowest BCUT2D eigenvalue weighted by Gasteiger charge is -2.12. The smallest absolute Gasteiger partial charge is 0.335 e. The maximum Gasteiger partial charge on any atom is 0.335 e. The van der Waals surface area contributed by atoms with E-state index in [1.54, 1.807) is 33.2 Å². The number of carbonyl (C=O) groups is 2. The highest BCUT2D eigenvalue weighted by molar-refractivity contribution is 5.88. The summed E-state index contributed by atoms with van der Waals surface area (Å²) in [5.74, 6) is -0.367. The molecule has 0 heterocycles. The van der Waals surface area contributed by atoms with Gasteiger partial charge < -0.3 is 14.7 Å². The molecule has 18 heavy (non-hydrogen) atoms. The molecule has 0 bridgehead atoms. The van der Waals surface area contributed by atoms with E-state index >= 15 is 0 Å². The van der Waals surface area contributed by atoms with Gasteiger partial charge in [-0.25, -0.2) is 4.79 Å². The predicted octanol–water partition coefficient (Wildman–Crippen LogP) is 1.55. The summed E-state index contributed by atoms with van der Waals surface area (Å²) < 4.78 is 5.45. The first-order valence-corrected chi connectivity index (χ1v) is 5.58. The molecular formula is C13H17NO4. The maximum atomic E-state index is 11.3. The van der Waals surface area contributed by atoms with Gasteiger partial charge in [0.1, 0.15) is 5.75 Å². The van der Waals surface area contributed by atoms with Crippen LogP contribution in [0.15, 0.2) is 18.2 Å². The molecule has 0 saturated carbocycles. The molecular weight excluding hydrogens is 234 g/mol. The minimum Gasteiger partial charge on any atom is -0.493 e. The normalized spacial score (nSPS) is 9.94. The molecule has 0 atom stereocenters. The standard InChI is InChI=1S/C13H17NO4/c1-9-8-10(13(16)17)4-5-11(9)18-7-6-12(15)14(2)3/h4-5,8H,6-7H2,1-3H3,(H,16,17). The summed E-state index contributed by atoms with van der Waals surface area (Å²) in [7, 11) is 3.38. The first-order valence-electron chi connectivity index (χ1n) is 5.58. The van der Waals surface area contributed by atoms with Gasteiger partial charge in [0.25, 0.3) is 0 Å². The molecule has 1 N–H and O–H groups in total. The monoisotopic (exact) mass is 251 g/mol. The van der Waals surface area contributed by atoms with Gasteiger partial charge >= 0.3 is 5.97 Å². The Kier molecular flexibility index (Phi) is 4.71. The van der Waals surface area contributed by atoms with E-state index in [4.69, 9.17) is 9.84 Å². The first kappa shape index (κ1) is 14.0. The quantitative estimate of drug-likeness (QED) is 0.862. The van der Waals surface area contributed by atoms with Crippen LogP contribution >= 0.6 is 0 Å². The zero-order chi connectivity index (χ0) is 13.7. The van der Waals surface area contributed by atoms with E-state index in [-0.39, 0.29) is 18.1 Å². The van der Waals surface area contributed by atoms with E-state index in [1.165, 1.54) is 11.0 Å². The van der Waals surface area contributed by atoms with Crippen molar-refractivity contribution in [3.05, 3.63) is 29.3 Å². The summed E-state index contributed by atoms with van der Waals surface area (Å²) in [5.41, 5.74) is 0.969. The third-order valence-electron chi connectivity index (χ3n) is 2.49. The molecule has 0 unspecified atom stereocenters. The summed E-state index contributed by atoms with van der Waals surface area (Å²) in [5, 5.41) is 8.82. The Morgan fingerprint density at radius 1 is 1.33 bits per heavy atom. The molecule has 98 valence electrons. The fourth-order valence-electron chi connectivity index (χ4n) is 1.42. The summed E-state index contributed by atoms with van der Waals surface area (Å²) >= 11 is 0. The Balaban J connectivity index is 2.58. The lowest BCUT2D eigenvalue weighted by Crippen LogP contribution is -2.23. The molecule has 0 saturated heterocycles. The van der Waals surface area contributed by atoms with E-state index in [0.717, 1.165) is 5.56 Å². The van der Waals surface area contributed by atoms with Crippen molar-refractivity contribution in [3.8, 4) is 5.75 Å². The zero-order valence-corrected chi connectivity index (χ0v) is 10.8. The Labute approximate surface area is 106 Å². The van der Waals surface area contributed by atoms with Crippen LogP contribution in [0.5, 0.6) is 5.75 Å². The van der Waals surface area contributed by atoms with Gasteiger partial charge in [0, 0.05) is 14.1 Å². The lowest BCUT2D eigenvalue weighted by atomic mass is 10.1. The summed E-state index contributed by atoms with van der Waals surface area (Å²) in [6.07, 6.45) is 0.299. The van der Waals surface area contributed by atoms with Crippen LogP contribution in [0.1, 0.15) is 22.3 Å². The van der Waals surface area contributed by atoms with Gasteiger partial charge in [-0.2, -0.15) is 0 Å². The molecule has 0 spiro atoms. The molecule has 0 fully saturated rings. The van der Waals surface area contributed by atoms with Gasteiger partial charge in [0.2, 0.25) is 5.91 Å². The Morgan fingerprint density at radius 2 is 2.00 bits per heavy atom. The molecule has 0 aliphatic heterocycles. The molecule has 0 aromatic heterocycles. The SMILES string of the molecule is Cc1cc(C(=O)O)ccc1OCCC(=O)N(C)C. The molecule has 1 rings (SSSR count). The molecule has 5 heteroatoms. The van der Waals surface area contributed by atoms with E-state index < -0.39 is 5.97 Å². The Hall–Kier alpha value is -2.04. The van der Waals surface area contributed by atoms with Gasteiger partial charge in [-0.1, -0.05) is 0 Å². The van der Waals surface area contributed by atoms with Crippen LogP contribution in [-0.2, 0) is 4.79 Å². The fourth-order valence-corrected chi connectivity index (χ4v) is 1.42. The molecule has 1 amide bonds. The van der Waals surface area contributed by atoms with E-state index in [2.05, 4.69) is 0 Å². The predicted molar refractivity (Wildman–Crippen MR) is 66.9 cm³/mol. The minimum absolute atomic E-state index is 0.00481. The van der Waals surface area contributed by atoms with E-state index in [9.17, 15) is 9.59 Å². The average Bonchev–Trinajstić information content (AvgIpc) is 2.30. The van der Waals surface area contributed by atoms with Crippen LogP contribution < -0.4 is 4.74 Å². The topological polar surface area (TPSA) is 66.8 Å². The van der Waals surface area contributed by atoms with Crippen LogP contribution in [0.25, 0.3) is 0 Å². The van der Waals surface area contributed by atoms with Crippen molar-refractivity contribution in [2.24, 2.45) is 0 Å². The van der Waals surface area contributed by atoms with Gasteiger partial charge in [-0.15, -0.1) is 0 Å². The van der Waals surface area contributed by atoms with Crippen molar-refractivity contribution < 1.29 is 19.4 Å². The molecule has 1 aromatic rings. The van der Waals surface area contributed by atoms with E-state index in [0.29, 0.717) is 12.2 Å². The van der Waals surface area contributed by atoms with Crippen LogP contribution in [-0.4, -0.2) is 42.6 Å². The second kappa shape index (κ2) is 6.05. The van der Waals surface area contributed by atoms with Crippen molar-refractivity contribution in [2.75, 3.05) is 20.7 Å². The number of nitrogens with zero attached hydrogens (tertiary/aromatic N) is 1. The second-order valence-electron chi connectivity index (χ2n) is 4.17. The van der Waals surface area contributed by atoms with Crippen LogP contribution in [0.4, 0.5) is 0 Å². The number of carbonyl (C=O) groups excluding carboxylic acids is 1. The van der Waals surface area contributed by atoms with E-state index in [1.807, 2.05) is 0 Å². The van der Waals surface area contributed by atoms with Gasteiger partial charge in [0.15, 0.2) is 0 Å². The average molecular weight is 251 g/mol. The third kappa shape index (κ3) is 3.76. The number of aromatic carboxylic acids is 1. The molecule has 0 aliphatic carbocycles. The van der Waals surface area contributed by atoms with Crippen LogP contribution in [0.2, 0.25) is 0 Å². The van der Waals surface area contributed by atoms with Crippen LogP contribution in [0.3, 0.4) is 0 Å². The third-order valence-corrected chi connectivity index (χ3v) is 2.49. The number of carboxylic acid groups (broad SMARTS) is 1. The summed E-state index contributed by atoms with van der Waals surface area (Å²) in [6, 6.07) is 4.64. The number of carboxylic acids is 1. The van der Waals surface area contributed by atoms with Crippen molar-refractivity contribution in [2.45, 2.75) is 13.3 Å². The Morgan fingerprint density at radius 3 is 2.50 bits per heavy atom. The number of hydrogen-bond donors (Lipinski definition) is 1. The number of aryl methyl sites for hydroxylation is 1. The zero-order valence-electron chi connectivity index (χ0n) is 10.8. The minimum atomic E-state index is -0.965. The van der Waals surface area contributed by atoms with Crippen molar-refractivity contribution in [1.29, 1.82) is 0 Å². The fraction of sp³-hybridized carbons (Fsp3) is 0.385. The molecule has 0 aliphatic rings. The number of rotatable bonds is 5.